The summed E-state index contributed by atoms with van der Waals surface area (Å²) in [7, 11) is 0. The Morgan fingerprint density at radius 2 is 2.25 bits per heavy atom. The molecule has 2 aromatic rings. The van der Waals surface area contributed by atoms with Crippen molar-refractivity contribution < 1.29 is 4.79 Å². The van der Waals surface area contributed by atoms with E-state index in [1.807, 2.05) is 30.5 Å². The molecule has 0 atom stereocenters. The van der Waals surface area contributed by atoms with Crippen LogP contribution in [0, 0.1) is 0 Å². The molecule has 0 bridgehead atoms. The Balaban J connectivity index is 2.52. The fourth-order valence-electron chi connectivity index (χ4n) is 1.32. The maximum atomic E-state index is 10.2. The number of H-pyrrole nitrogens is 1. The van der Waals surface area contributed by atoms with Crippen LogP contribution in [0.3, 0.4) is 0 Å². The monoisotopic (exact) mass is 159 g/mol. The number of benzene rings is 1. The minimum Gasteiger partial charge on any atom is -0.361 e. The van der Waals surface area contributed by atoms with E-state index in [-0.39, 0.29) is 0 Å². The van der Waals surface area contributed by atoms with Crippen LogP contribution in [-0.4, -0.2) is 11.3 Å². The first-order valence-corrected chi connectivity index (χ1v) is 3.90. The number of hydrogen-bond acceptors (Lipinski definition) is 1. The lowest BCUT2D eigenvalue weighted by Crippen LogP contribution is -1.84. The second kappa shape index (κ2) is 2.81. The van der Waals surface area contributed by atoms with Crippen molar-refractivity contribution in [2.75, 3.05) is 0 Å². The first-order valence-electron chi connectivity index (χ1n) is 3.90. The van der Waals surface area contributed by atoms with Crippen LogP contribution in [0.4, 0.5) is 0 Å². The number of aromatic amines is 1. The maximum absolute atomic E-state index is 10.2. The van der Waals surface area contributed by atoms with E-state index in [0.717, 1.165) is 17.4 Å². The van der Waals surface area contributed by atoms with Crippen molar-refractivity contribution in [3.05, 3.63) is 36.0 Å². The third-order valence-corrected chi connectivity index (χ3v) is 1.94. The second-order valence-corrected chi connectivity index (χ2v) is 2.77. The molecule has 2 rings (SSSR count). The van der Waals surface area contributed by atoms with Crippen LogP contribution < -0.4 is 0 Å². The zero-order chi connectivity index (χ0) is 8.39. The molecular formula is C10H9NO. The quantitative estimate of drug-likeness (QED) is 0.667. The SMILES string of the molecule is O=CCc1ccc2cc[nH]c2c1. The van der Waals surface area contributed by atoms with Gasteiger partial charge in [-0.2, -0.15) is 0 Å². The summed E-state index contributed by atoms with van der Waals surface area (Å²) < 4.78 is 0. The molecule has 0 saturated carbocycles. The average Bonchev–Trinajstić information content (AvgIpc) is 2.51. The highest BCUT2D eigenvalue weighted by Gasteiger charge is 1.95. The van der Waals surface area contributed by atoms with Crippen molar-refractivity contribution in [1.82, 2.24) is 4.98 Å². The molecule has 60 valence electrons. The Kier molecular flexibility index (Phi) is 1.67. The molecule has 0 aliphatic heterocycles. The largest absolute Gasteiger partial charge is 0.361 e. The summed E-state index contributed by atoms with van der Waals surface area (Å²) in [5, 5.41) is 1.18. The van der Waals surface area contributed by atoms with E-state index in [1.54, 1.807) is 0 Å². The minimum atomic E-state index is 0.495. The molecule has 1 N–H and O–H groups in total. The van der Waals surface area contributed by atoms with E-state index in [0.29, 0.717) is 6.42 Å². The Bertz CT molecular complexity index is 403. The Labute approximate surface area is 70.2 Å². The summed E-state index contributed by atoms with van der Waals surface area (Å²) in [4.78, 5) is 13.3. The Morgan fingerprint density at radius 3 is 3.08 bits per heavy atom. The number of nitrogens with one attached hydrogen (secondary N) is 1. The highest BCUT2D eigenvalue weighted by molar-refractivity contribution is 5.80. The van der Waals surface area contributed by atoms with Gasteiger partial charge in [-0.05, 0) is 23.1 Å². The van der Waals surface area contributed by atoms with Crippen LogP contribution >= 0.6 is 0 Å². The van der Waals surface area contributed by atoms with Crippen molar-refractivity contribution in [3.8, 4) is 0 Å². The van der Waals surface area contributed by atoms with Crippen LogP contribution in [-0.2, 0) is 11.2 Å². The smallest absolute Gasteiger partial charge is 0.124 e. The third kappa shape index (κ3) is 1.11. The molecule has 2 nitrogen and oxygen atoms in total. The summed E-state index contributed by atoms with van der Waals surface area (Å²) >= 11 is 0. The van der Waals surface area contributed by atoms with Crippen LogP contribution in [0.2, 0.25) is 0 Å². The van der Waals surface area contributed by atoms with Gasteiger partial charge in [-0.25, -0.2) is 0 Å². The van der Waals surface area contributed by atoms with Crippen LogP contribution in [0.15, 0.2) is 30.5 Å². The predicted octanol–water partition coefficient (Wildman–Crippen LogP) is 1.91. The summed E-state index contributed by atoms with van der Waals surface area (Å²) in [6.45, 7) is 0. The van der Waals surface area contributed by atoms with Crippen molar-refractivity contribution in [3.63, 3.8) is 0 Å². The van der Waals surface area contributed by atoms with E-state index in [9.17, 15) is 4.79 Å². The number of rotatable bonds is 2. The van der Waals surface area contributed by atoms with E-state index >= 15 is 0 Å². The molecule has 12 heavy (non-hydrogen) atoms. The minimum absolute atomic E-state index is 0.495. The summed E-state index contributed by atoms with van der Waals surface area (Å²) in [5.74, 6) is 0. The van der Waals surface area contributed by atoms with Crippen LogP contribution in [0.1, 0.15) is 5.56 Å². The van der Waals surface area contributed by atoms with Crippen molar-refractivity contribution >= 4 is 17.2 Å². The van der Waals surface area contributed by atoms with Crippen LogP contribution in [0.5, 0.6) is 0 Å². The van der Waals surface area contributed by atoms with Gasteiger partial charge >= 0.3 is 0 Å². The van der Waals surface area contributed by atoms with E-state index in [2.05, 4.69) is 4.98 Å². The number of aldehydes is 1. The van der Waals surface area contributed by atoms with Gasteiger partial charge in [0, 0.05) is 18.1 Å². The molecular weight excluding hydrogens is 150 g/mol. The molecule has 0 radical (unpaired) electrons. The fourth-order valence-corrected chi connectivity index (χ4v) is 1.32. The lowest BCUT2D eigenvalue weighted by Gasteiger charge is -1.94. The van der Waals surface area contributed by atoms with Crippen molar-refractivity contribution in [2.45, 2.75) is 6.42 Å². The first kappa shape index (κ1) is 7.10. The zero-order valence-electron chi connectivity index (χ0n) is 6.58. The van der Waals surface area contributed by atoms with Crippen molar-refractivity contribution in [1.29, 1.82) is 0 Å². The lowest BCUT2D eigenvalue weighted by atomic mass is 10.1. The number of carbonyl (C=O) groups excluding carboxylic acids is 1. The molecule has 2 heteroatoms. The van der Waals surface area contributed by atoms with Gasteiger partial charge in [0.05, 0.1) is 0 Å². The summed E-state index contributed by atoms with van der Waals surface area (Å²) in [6.07, 6.45) is 3.31. The third-order valence-electron chi connectivity index (χ3n) is 1.94. The molecule has 0 aliphatic carbocycles. The second-order valence-electron chi connectivity index (χ2n) is 2.77. The van der Waals surface area contributed by atoms with Gasteiger partial charge in [0.2, 0.25) is 0 Å². The standard InChI is InChI=1S/C10H9NO/c12-6-4-8-1-2-9-3-5-11-10(9)7-8/h1-3,5-7,11H,4H2. The topological polar surface area (TPSA) is 32.9 Å². The predicted molar refractivity (Wildman–Crippen MR) is 48.1 cm³/mol. The van der Waals surface area contributed by atoms with Crippen molar-refractivity contribution in [2.24, 2.45) is 0 Å². The van der Waals surface area contributed by atoms with Gasteiger partial charge in [0.1, 0.15) is 6.29 Å². The number of aromatic nitrogens is 1. The normalized spacial score (nSPS) is 10.3. The molecule has 0 aliphatic rings. The molecule has 0 saturated heterocycles. The van der Waals surface area contributed by atoms with Crippen LogP contribution in [0.25, 0.3) is 10.9 Å². The highest BCUT2D eigenvalue weighted by atomic mass is 16.1. The van der Waals surface area contributed by atoms with Gasteiger partial charge in [-0.1, -0.05) is 12.1 Å². The highest BCUT2D eigenvalue weighted by Crippen LogP contribution is 2.13. The zero-order valence-corrected chi connectivity index (χ0v) is 6.58. The molecule has 1 aromatic heterocycles. The van der Waals surface area contributed by atoms with Gasteiger partial charge in [-0.15, -0.1) is 0 Å². The molecule has 1 heterocycles. The van der Waals surface area contributed by atoms with Gasteiger partial charge < -0.3 is 9.78 Å². The van der Waals surface area contributed by atoms with Gasteiger partial charge in [0.25, 0.3) is 0 Å². The first-order chi connectivity index (χ1) is 5.90. The van der Waals surface area contributed by atoms with Gasteiger partial charge in [0.15, 0.2) is 0 Å². The lowest BCUT2D eigenvalue weighted by molar-refractivity contribution is -0.107. The van der Waals surface area contributed by atoms with E-state index in [4.69, 9.17) is 0 Å². The number of carbonyl (C=O) groups is 1. The molecule has 0 spiro atoms. The number of hydrogen-bond donors (Lipinski definition) is 1. The number of fused-ring (bicyclic) bond motifs is 1. The molecule has 0 amide bonds. The summed E-state index contributed by atoms with van der Waals surface area (Å²) in [6, 6.07) is 8.01. The summed E-state index contributed by atoms with van der Waals surface area (Å²) in [5.41, 5.74) is 2.15. The Hall–Kier alpha value is -1.57. The molecule has 0 unspecified atom stereocenters. The van der Waals surface area contributed by atoms with E-state index < -0.39 is 0 Å². The molecule has 0 fully saturated rings. The average molecular weight is 159 g/mol. The Morgan fingerprint density at radius 1 is 1.33 bits per heavy atom. The molecule has 1 aromatic carbocycles. The maximum Gasteiger partial charge on any atom is 0.124 e. The van der Waals surface area contributed by atoms with Gasteiger partial charge in [-0.3, -0.25) is 0 Å². The van der Waals surface area contributed by atoms with E-state index in [1.165, 1.54) is 5.39 Å². The fraction of sp³-hybridized carbons (Fsp3) is 0.100.